The van der Waals surface area contributed by atoms with Gasteiger partial charge in [-0.2, -0.15) is 0 Å². The molecule has 0 radical (unpaired) electrons. The molecule has 1 aliphatic rings. The standard InChI is InChI=1S/C23H29BrN2O5S/c1-4-23(27)26-12-10-17-14-18(24)22(15-19(17)26)32(28,29)25-11-9-16-7-8-20(30-5-2)21(13-16)31-6-3/h7-8,13-15,25H,4-6,9-12H2,1-3H3. The van der Waals surface area contributed by atoms with E-state index < -0.39 is 10.0 Å². The molecule has 2 aromatic rings. The molecule has 0 unspecified atom stereocenters. The van der Waals surface area contributed by atoms with Crippen LogP contribution < -0.4 is 19.1 Å². The third kappa shape index (κ3) is 5.44. The number of anilines is 1. The largest absolute Gasteiger partial charge is 0.490 e. The van der Waals surface area contributed by atoms with Crippen LogP contribution in [0, 0.1) is 0 Å². The average molecular weight is 525 g/mol. The number of amides is 1. The highest BCUT2D eigenvalue weighted by Gasteiger charge is 2.28. The van der Waals surface area contributed by atoms with Crippen LogP contribution in [0.25, 0.3) is 0 Å². The normalized spacial score (nSPS) is 13.2. The highest BCUT2D eigenvalue weighted by atomic mass is 79.9. The number of carbonyl (C=O) groups excluding carboxylic acids is 1. The van der Waals surface area contributed by atoms with Crippen molar-refractivity contribution in [3.8, 4) is 11.5 Å². The Bertz CT molecular complexity index is 1090. The highest BCUT2D eigenvalue weighted by molar-refractivity contribution is 9.10. The van der Waals surface area contributed by atoms with Gasteiger partial charge in [-0.1, -0.05) is 13.0 Å². The average Bonchev–Trinajstić information content (AvgIpc) is 3.17. The Labute approximate surface area is 198 Å². The van der Waals surface area contributed by atoms with Gasteiger partial charge in [-0.3, -0.25) is 4.79 Å². The first kappa shape index (κ1) is 24.5. The maximum absolute atomic E-state index is 13.0. The summed E-state index contributed by atoms with van der Waals surface area (Å²) in [7, 11) is -3.77. The number of sulfonamides is 1. The van der Waals surface area contributed by atoms with Crippen molar-refractivity contribution >= 4 is 37.5 Å². The lowest BCUT2D eigenvalue weighted by Crippen LogP contribution is -2.29. The van der Waals surface area contributed by atoms with Gasteiger partial charge < -0.3 is 14.4 Å². The Morgan fingerprint density at radius 2 is 1.81 bits per heavy atom. The van der Waals surface area contributed by atoms with Gasteiger partial charge in [0.2, 0.25) is 15.9 Å². The van der Waals surface area contributed by atoms with E-state index in [1.807, 2.05) is 32.0 Å². The zero-order valence-electron chi connectivity index (χ0n) is 18.6. The minimum absolute atomic E-state index is 0.0111. The van der Waals surface area contributed by atoms with Gasteiger partial charge in [0.05, 0.1) is 18.1 Å². The minimum Gasteiger partial charge on any atom is -0.490 e. The van der Waals surface area contributed by atoms with Crippen molar-refractivity contribution in [1.29, 1.82) is 0 Å². The van der Waals surface area contributed by atoms with E-state index in [0.29, 0.717) is 60.7 Å². The molecule has 0 atom stereocenters. The van der Waals surface area contributed by atoms with Crippen molar-refractivity contribution in [2.45, 2.75) is 44.9 Å². The molecule has 9 heteroatoms. The Balaban J connectivity index is 1.74. The summed E-state index contributed by atoms with van der Waals surface area (Å²) < 4.78 is 40.4. The second-order valence-electron chi connectivity index (χ2n) is 7.36. The summed E-state index contributed by atoms with van der Waals surface area (Å²) in [5.41, 5.74) is 2.58. The summed E-state index contributed by atoms with van der Waals surface area (Å²) in [6.07, 6.45) is 1.59. The lowest BCUT2D eigenvalue weighted by Gasteiger charge is -2.18. The molecular weight excluding hydrogens is 496 g/mol. The van der Waals surface area contributed by atoms with Crippen LogP contribution in [-0.2, 0) is 27.7 Å². The first-order chi connectivity index (χ1) is 15.3. The number of hydrogen-bond donors (Lipinski definition) is 1. The Morgan fingerprint density at radius 1 is 1.09 bits per heavy atom. The number of fused-ring (bicyclic) bond motifs is 1. The van der Waals surface area contributed by atoms with Gasteiger partial charge in [-0.05, 0) is 78.0 Å². The molecule has 1 aliphatic heterocycles. The monoisotopic (exact) mass is 524 g/mol. The second-order valence-corrected chi connectivity index (χ2v) is 9.94. The summed E-state index contributed by atoms with van der Waals surface area (Å²) in [4.78, 5) is 14.0. The number of rotatable bonds is 10. The zero-order chi connectivity index (χ0) is 23.3. The molecule has 1 amide bonds. The van der Waals surface area contributed by atoms with Crippen molar-refractivity contribution in [2.24, 2.45) is 0 Å². The number of ether oxygens (including phenoxy) is 2. The molecule has 3 rings (SSSR count). The van der Waals surface area contributed by atoms with Crippen LogP contribution in [0.2, 0.25) is 0 Å². The maximum Gasteiger partial charge on any atom is 0.241 e. The van der Waals surface area contributed by atoms with Crippen LogP contribution in [0.3, 0.4) is 0 Å². The Hall–Kier alpha value is -2.10. The molecule has 174 valence electrons. The third-order valence-electron chi connectivity index (χ3n) is 5.24. The van der Waals surface area contributed by atoms with Gasteiger partial charge in [0.25, 0.3) is 0 Å². The fraction of sp³-hybridized carbons (Fsp3) is 0.435. The van der Waals surface area contributed by atoms with Gasteiger partial charge in [0.15, 0.2) is 11.5 Å². The van der Waals surface area contributed by atoms with Gasteiger partial charge in [-0.15, -0.1) is 0 Å². The fourth-order valence-corrected chi connectivity index (χ4v) is 5.84. The van der Waals surface area contributed by atoms with Gasteiger partial charge in [0.1, 0.15) is 0 Å². The van der Waals surface area contributed by atoms with Crippen LogP contribution in [0.5, 0.6) is 11.5 Å². The molecular formula is C23H29BrN2O5S. The summed E-state index contributed by atoms with van der Waals surface area (Å²) in [6.45, 7) is 7.47. The maximum atomic E-state index is 13.0. The van der Waals surface area contributed by atoms with Crippen molar-refractivity contribution in [2.75, 3.05) is 31.2 Å². The second kappa shape index (κ2) is 10.7. The van der Waals surface area contributed by atoms with Crippen molar-refractivity contribution in [3.05, 3.63) is 45.9 Å². The summed E-state index contributed by atoms with van der Waals surface area (Å²) in [5.74, 6) is 1.31. The van der Waals surface area contributed by atoms with Gasteiger partial charge in [0, 0.05) is 29.7 Å². The number of carbonyl (C=O) groups is 1. The first-order valence-electron chi connectivity index (χ1n) is 10.8. The Morgan fingerprint density at radius 3 is 2.50 bits per heavy atom. The van der Waals surface area contributed by atoms with E-state index in [0.717, 1.165) is 11.1 Å². The molecule has 0 aliphatic carbocycles. The van der Waals surface area contributed by atoms with E-state index in [2.05, 4.69) is 20.7 Å². The molecule has 32 heavy (non-hydrogen) atoms. The summed E-state index contributed by atoms with van der Waals surface area (Å²) >= 11 is 3.39. The smallest absolute Gasteiger partial charge is 0.241 e. The quantitative estimate of drug-likeness (QED) is 0.506. The third-order valence-corrected chi connectivity index (χ3v) is 7.65. The highest BCUT2D eigenvalue weighted by Crippen LogP contribution is 2.35. The van der Waals surface area contributed by atoms with Gasteiger partial charge >= 0.3 is 0 Å². The number of nitrogens with zero attached hydrogens (tertiary/aromatic N) is 1. The van der Waals surface area contributed by atoms with E-state index >= 15 is 0 Å². The number of hydrogen-bond acceptors (Lipinski definition) is 5. The fourth-order valence-electron chi connectivity index (χ4n) is 3.70. The molecule has 0 saturated carbocycles. The van der Waals surface area contributed by atoms with E-state index in [1.54, 1.807) is 24.0 Å². The van der Waals surface area contributed by atoms with Crippen LogP contribution in [0.1, 0.15) is 38.3 Å². The van der Waals surface area contributed by atoms with Gasteiger partial charge in [-0.25, -0.2) is 13.1 Å². The molecule has 0 bridgehead atoms. The predicted molar refractivity (Wildman–Crippen MR) is 128 cm³/mol. The van der Waals surface area contributed by atoms with Crippen LogP contribution in [0.4, 0.5) is 5.69 Å². The first-order valence-corrected chi connectivity index (χ1v) is 13.1. The lowest BCUT2D eigenvalue weighted by molar-refractivity contribution is -0.118. The number of benzene rings is 2. The molecule has 0 saturated heterocycles. The number of nitrogens with one attached hydrogen (secondary N) is 1. The molecule has 0 fully saturated rings. The van der Waals surface area contributed by atoms with E-state index in [1.165, 1.54) is 0 Å². The lowest BCUT2D eigenvalue weighted by atomic mass is 10.1. The number of halogens is 1. The van der Waals surface area contributed by atoms with Crippen LogP contribution in [0.15, 0.2) is 39.7 Å². The van der Waals surface area contributed by atoms with E-state index in [-0.39, 0.29) is 17.3 Å². The van der Waals surface area contributed by atoms with Crippen LogP contribution >= 0.6 is 15.9 Å². The van der Waals surface area contributed by atoms with Crippen molar-refractivity contribution < 1.29 is 22.7 Å². The SMILES string of the molecule is CCOc1ccc(CCNS(=O)(=O)c2cc3c(cc2Br)CCN3C(=O)CC)cc1OCC. The van der Waals surface area contributed by atoms with E-state index in [9.17, 15) is 13.2 Å². The topological polar surface area (TPSA) is 84.9 Å². The molecule has 0 aromatic heterocycles. The summed E-state index contributed by atoms with van der Waals surface area (Å²) in [6, 6.07) is 9.01. The van der Waals surface area contributed by atoms with Crippen molar-refractivity contribution in [3.63, 3.8) is 0 Å². The molecule has 1 heterocycles. The molecule has 0 spiro atoms. The minimum atomic E-state index is -3.77. The molecule has 1 N–H and O–H groups in total. The zero-order valence-corrected chi connectivity index (χ0v) is 21.0. The van der Waals surface area contributed by atoms with Crippen LogP contribution in [-0.4, -0.2) is 40.6 Å². The molecule has 7 nitrogen and oxygen atoms in total. The van der Waals surface area contributed by atoms with Crippen molar-refractivity contribution in [1.82, 2.24) is 4.72 Å². The van der Waals surface area contributed by atoms with E-state index in [4.69, 9.17) is 9.47 Å². The molecule has 2 aromatic carbocycles. The predicted octanol–water partition coefficient (Wildman–Crippen LogP) is 4.07. The Kier molecular flexibility index (Phi) is 8.19. The summed E-state index contributed by atoms with van der Waals surface area (Å²) in [5, 5.41) is 0.